The Labute approximate surface area is 151 Å². The molecule has 3 fully saturated rings. The van der Waals surface area contributed by atoms with E-state index in [-0.39, 0.29) is 5.79 Å². The van der Waals surface area contributed by atoms with E-state index in [9.17, 15) is 5.11 Å². The van der Waals surface area contributed by atoms with Gasteiger partial charge >= 0.3 is 0 Å². The van der Waals surface area contributed by atoms with E-state index in [1.807, 2.05) is 0 Å². The number of hydrogen-bond donors (Lipinski definition) is 1. The van der Waals surface area contributed by atoms with Crippen molar-refractivity contribution in [3.05, 3.63) is 34.9 Å². The van der Waals surface area contributed by atoms with Gasteiger partial charge in [0, 0.05) is 12.8 Å². The van der Waals surface area contributed by atoms with Crippen molar-refractivity contribution in [2.24, 2.45) is 11.8 Å². The maximum atomic E-state index is 11.3. The molecule has 1 spiro atoms. The van der Waals surface area contributed by atoms with Crippen molar-refractivity contribution in [3.63, 3.8) is 0 Å². The van der Waals surface area contributed by atoms with E-state index in [4.69, 9.17) is 9.47 Å². The molecule has 25 heavy (non-hydrogen) atoms. The van der Waals surface area contributed by atoms with Crippen LogP contribution >= 0.6 is 0 Å². The fraction of sp³-hybridized carbons (Fsp3) is 0.727. The van der Waals surface area contributed by atoms with Gasteiger partial charge in [-0.15, -0.1) is 0 Å². The smallest absolute Gasteiger partial charge is 0.168 e. The van der Waals surface area contributed by atoms with Crippen LogP contribution in [0.2, 0.25) is 0 Å². The average Bonchev–Trinajstić information content (AvgIpc) is 3.07. The molecule has 0 amide bonds. The van der Waals surface area contributed by atoms with Gasteiger partial charge in [0.15, 0.2) is 5.79 Å². The highest BCUT2D eigenvalue weighted by Crippen LogP contribution is 2.48. The maximum absolute atomic E-state index is 11.3. The molecule has 1 aromatic rings. The van der Waals surface area contributed by atoms with Crippen molar-refractivity contribution >= 4 is 0 Å². The molecule has 1 aromatic carbocycles. The van der Waals surface area contributed by atoms with Gasteiger partial charge in [-0.2, -0.15) is 0 Å². The standard InChI is InChI=1S/C22H32O3/c1-16-4-3-5-20(17(16)2)21(23)10-6-18(7-11-21)19-8-12-22(13-9-19)24-14-15-25-22/h3-5,18-19,23H,6-15H2,1-2H3. The summed E-state index contributed by atoms with van der Waals surface area (Å²) < 4.78 is 11.7. The lowest BCUT2D eigenvalue weighted by molar-refractivity contribution is -0.186. The van der Waals surface area contributed by atoms with E-state index in [0.717, 1.165) is 69.1 Å². The fourth-order valence-electron chi connectivity index (χ4n) is 5.45. The Balaban J connectivity index is 1.37. The monoisotopic (exact) mass is 344 g/mol. The Bertz CT molecular complexity index is 600. The van der Waals surface area contributed by atoms with Gasteiger partial charge in [0.05, 0.1) is 18.8 Å². The Morgan fingerprint density at radius 2 is 1.44 bits per heavy atom. The molecule has 2 saturated carbocycles. The van der Waals surface area contributed by atoms with Crippen molar-refractivity contribution in [2.75, 3.05) is 13.2 Å². The summed E-state index contributed by atoms with van der Waals surface area (Å²) >= 11 is 0. The Morgan fingerprint density at radius 1 is 0.880 bits per heavy atom. The van der Waals surface area contributed by atoms with E-state index < -0.39 is 5.60 Å². The second kappa shape index (κ2) is 6.68. The normalized spacial score (nSPS) is 33.0. The molecule has 1 saturated heterocycles. The third-order valence-electron chi connectivity index (χ3n) is 7.24. The second-order valence-electron chi connectivity index (χ2n) is 8.56. The van der Waals surface area contributed by atoms with E-state index in [0.29, 0.717) is 0 Å². The molecular weight excluding hydrogens is 312 g/mol. The van der Waals surface area contributed by atoms with Gasteiger partial charge < -0.3 is 14.6 Å². The summed E-state index contributed by atoms with van der Waals surface area (Å²) in [5.74, 6) is 1.29. The summed E-state index contributed by atoms with van der Waals surface area (Å²) in [6.07, 6.45) is 8.61. The van der Waals surface area contributed by atoms with Gasteiger partial charge in [-0.3, -0.25) is 0 Å². The molecule has 3 heteroatoms. The number of rotatable bonds is 2. The van der Waals surface area contributed by atoms with Crippen molar-refractivity contribution < 1.29 is 14.6 Å². The molecule has 0 unspecified atom stereocenters. The fourth-order valence-corrected chi connectivity index (χ4v) is 5.45. The molecule has 1 aliphatic heterocycles. The van der Waals surface area contributed by atoms with Gasteiger partial charge in [0.1, 0.15) is 0 Å². The van der Waals surface area contributed by atoms with Crippen LogP contribution in [0.1, 0.15) is 68.1 Å². The van der Waals surface area contributed by atoms with Gasteiger partial charge in [-0.25, -0.2) is 0 Å². The molecule has 3 nitrogen and oxygen atoms in total. The molecule has 3 aliphatic rings. The molecule has 0 radical (unpaired) electrons. The number of ether oxygens (including phenoxy) is 2. The van der Waals surface area contributed by atoms with Crippen molar-refractivity contribution in [1.29, 1.82) is 0 Å². The minimum atomic E-state index is -0.625. The highest BCUT2D eigenvalue weighted by atomic mass is 16.7. The summed E-state index contributed by atoms with van der Waals surface area (Å²) in [7, 11) is 0. The number of aryl methyl sites for hydroxylation is 1. The van der Waals surface area contributed by atoms with Crippen LogP contribution in [-0.4, -0.2) is 24.1 Å². The maximum Gasteiger partial charge on any atom is 0.168 e. The van der Waals surface area contributed by atoms with Gasteiger partial charge in [-0.05, 0) is 80.9 Å². The molecule has 0 atom stereocenters. The predicted octanol–water partition coefficient (Wildman–Crippen LogP) is 4.61. The third-order valence-corrected chi connectivity index (χ3v) is 7.24. The molecule has 1 heterocycles. The van der Waals surface area contributed by atoms with Crippen LogP contribution in [0.3, 0.4) is 0 Å². The van der Waals surface area contributed by atoms with Gasteiger partial charge in [-0.1, -0.05) is 18.2 Å². The highest BCUT2D eigenvalue weighted by Gasteiger charge is 2.44. The Morgan fingerprint density at radius 3 is 2.04 bits per heavy atom. The lowest BCUT2D eigenvalue weighted by atomic mass is 9.67. The van der Waals surface area contributed by atoms with Crippen LogP contribution in [-0.2, 0) is 15.1 Å². The lowest BCUT2D eigenvalue weighted by Crippen LogP contribution is -2.39. The number of benzene rings is 1. The molecule has 1 N–H and O–H groups in total. The van der Waals surface area contributed by atoms with E-state index in [1.54, 1.807) is 0 Å². The van der Waals surface area contributed by atoms with E-state index in [2.05, 4.69) is 32.0 Å². The van der Waals surface area contributed by atoms with Crippen LogP contribution in [0.15, 0.2) is 18.2 Å². The zero-order valence-corrected chi connectivity index (χ0v) is 15.7. The molecule has 138 valence electrons. The van der Waals surface area contributed by atoms with E-state index >= 15 is 0 Å². The minimum absolute atomic E-state index is 0.245. The first-order valence-corrected chi connectivity index (χ1v) is 10.1. The zero-order chi connectivity index (χ0) is 17.5. The third kappa shape index (κ3) is 3.27. The summed E-state index contributed by atoms with van der Waals surface area (Å²) in [4.78, 5) is 0. The first-order valence-electron chi connectivity index (χ1n) is 10.1. The van der Waals surface area contributed by atoms with Crippen LogP contribution in [0.4, 0.5) is 0 Å². The Kier molecular flexibility index (Phi) is 4.68. The van der Waals surface area contributed by atoms with Gasteiger partial charge in [0.2, 0.25) is 0 Å². The largest absolute Gasteiger partial charge is 0.385 e. The SMILES string of the molecule is Cc1cccc(C2(O)CCC(C3CCC4(CC3)OCCO4)CC2)c1C. The van der Waals surface area contributed by atoms with Crippen molar-refractivity contribution in [2.45, 2.75) is 76.6 Å². The van der Waals surface area contributed by atoms with E-state index in [1.165, 1.54) is 24.0 Å². The quantitative estimate of drug-likeness (QED) is 0.851. The van der Waals surface area contributed by atoms with Crippen LogP contribution in [0.25, 0.3) is 0 Å². The number of aliphatic hydroxyl groups is 1. The van der Waals surface area contributed by atoms with Crippen molar-refractivity contribution in [1.82, 2.24) is 0 Å². The van der Waals surface area contributed by atoms with Crippen LogP contribution < -0.4 is 0 Å². The van der Waals surface area contributed by atoms with Crippen LogP contribution in [0.5, 0.6) is 0 Å². The summed E-state index contributed by atoms with van der Waals surface area (Å²) in [5, 5.41) is 11.3. The minimum Gasteiger partial charge on any atom is -0.385 e. The zero-order valence-electron chi connectivity index (χ0n) is 15.7. The van der Waals surface area contributed by atoms with Crippen molar-refractivity contribution in [3.8, 4) is 0 Å². The van der Waals surface area contributed by atoms with Crippen LogP contribution in [0, 0.1) is 25.7 Å². The topological polar surface area (TPSA) is 38.7 Å². The van der Waals surface area contributed by atoms with Gasteiger partial charge in [0.25, 0.3) is 0 Å². The summed E-state index contributed by atoms with van der Waals surface area (Å²) in [6.45, 7) is 5.81. The molecule has 4 rings (SSSR count). The molecule has 2 aliphatic carbocycles. The average molecular weight is 344 g/mol. The molecule has 0 aromatic heterocycles. The predicted molar refractivity (Wildman–Crippen MR) is 98.4 cm³/mol. The molecule has 0 bridgehead atoms. The second-order valence-corrected chi connectivity index (χ2v) is 8.56. The highest BCUT2D eigenvalue weighted by molar-refractivity contribution is 5.37. The number of hydrogen-bond acceptors (Lipinski definition) is 3. The first kappa shape index (κ1) is 17.5. The summed E-state index contributed by atoms with van der Waals surface area (Å²) in [5.41, 5.74) is 3.07. The Hall–Kier alpha value is -0.900. The molecular formula is C22H32O3. The lowest BCUT2D eigenvalue weighted by Gasteiger charge is -2.43. The summed E-state index contributed by atoms with van der Waals surface area (Å²) in [6, 6.07) is 6.35. The first-order chi connectivity index (χ1) is 12.0.